The molecule has 0 aliphatic rings. The molecule has 0 aliphatic carbocycles. The fourth-order valence-corrected chi connectivity index (χ4v) is 1.83. The summed E-state index contributed by atoms with van der Waals surface area (Å²) >= 11 is 0. The molecule has 0 atom stereocenters. The summed E-state index contributed by atoms with van der Waals surface area (Å²) < 4.78 is 13.0. The Hall–Kier alpha value is -1.91. The third-order valence-corrected chi connectivity index (χ3v) is 2.87. The summed E-state index contributed by atoms with van der Waals surface area (Å²) in [5, 5.41) is 8.70. The molecule has 1 N–H and O–H groups in total. The number of aliphatic carboxylic acids is 1. The number of carboxylic acid groups (broad SMARTS) is 1. The first-order chi connectivity index (χ1) is 8.82. The van der Waals surface area contributed by atoms with E-state index >= 15 is 0 Å². The van der Waals surface area contributed by atoms with Crippen LogP contribution in [-0.4, -0.2) is 34.5 Å². The second-order valence-electron chi connectivity index (χ2n) is 4.70. The van der Waals surface area contributed by atoms with Gasteiger partial charge in [0, 0.05) is 18.2 Å². The monoisotopic (exact) mass is 267 g/mol. The summed E-state index contributed by atoms with van der Waals surface area (Å²) in [5.74, 6) is -1.61. The Morgan fingerprint density at radius 2 is 2.00 bits per heavy atom. The van der Waals surface area contributed by atoms with Gasteiger partial charge in [-0.3, -0.25) is 9.59 Å². The van der Waals surface area contributed by atoms with E-state index in [-0.39, 0.29) is 24.9 Å². The number of amides is 1. The van der Waals surface area contributed by atoms with Gasteiger partial charge in [-0.25, -0.2) is 4.39 Å². The van der Waals surface area contributed by atoms with Crippen molar-refractivity contribution in [2.24, 2.45) is 0 Å². The predicted molar refractivity (Wildman–Crippen MR) is 69.6 cm³/mol. The van der Waals surface area contributed by atoms with E-state index in [1.54, 1.807) is 6.92 Å². The number of carbonyl (C=O) groups is 2. The molecule has 0 radical (unpaired) electrons. The van der Waals surface area contributed by atoms with Crippen molar-refractivity contribution in [3.8, 4) is 0 Å². The zero-order valence-electron chi connectivity index (χ0n) is 11.3. The van der Waals surface area contributed by atoms with E-state index in [2.05, 4.69) is 0 Å². The minimum atomic E-state index is -0.950. The summed E-state index contributed by atoms with van der Waals surface area (Å²) in [5.41, 5.74) is 0.950. The molecule has 104 valence electrons. The number of hydrogen-bond acceptors (Lipinski definition) is 2. The van der Waals surface area contributed by atoms with Gasteiger partial charge in [0.25, 0.3) is 5.91 Å². The SMILES string of the molecule is Cc1cc(F)ccc1C(=O)N(CCC(=O)O)C(C)C. The van der Waals surface area contributed by atoms with Gasteiger partial charge in [-0.2, -0.15) is 0 Å². The Balaban J connectivity index is 2.95. The Bertz CT molecular complexity index is 486. The quantitative estimate of drug-likeness (QED) is 0.891. The van der Waals surface area contributed by atoms with Crippen LogP contribution in [0.1, 0.15) is 36.2 Å². The summed E-state index contributed by atoms with van der Waals surface area (Å²) in [4.78, 5) is 24.4. The van der Waals surface area contributed by atoms with Crippen LogP contribution in [0.3, 0.4) is 0 Å². The van der Waals surface area contributed by atoms with Crippen LogP contribution in [0.2, 0.25) is 0 Å². The van der Waals surface area contributed by atoms with E-state index in [1.807, 2.05) is 13.8 Å². The van der Waals surface area contributed by atoms with Crippen LogP contribution in [0.15, 0.2) is 18.2 Å². The highest BCUT2D eigenvalue weighted by Crippen LogP contribution is 2.15. The zero-order chi connectivity index (χ0) is 14.6. The lowest BCUT2D eigenvalue weighted by molar-refractivity contribution is -0.137. The van der Waals surface area contributed by atoms with Crippen LogP contribution in [0.4, 0.5) is 4.39 Å². The van der Waals surface area contributed by atoms with Crippen molar-refractivity contribution in [2.75, 3.05) is 6.54 Å². The number of nitrogens with zero attached hydrogens (tertiary/aromatic N) is 1. The minimum Gasteiger partial charge on any atom is -0.481 e. The van der Waals surface area contributed by atoms with Gasteiger partial charge in [0.2, 0.25) is 0 Å². The maximum atomic E-state index is 13.0. The molecule has 19 heavy (non-hydrogen) atoms. The van der Waals surface area contributed by atoms with Crippen molar-refractivity contribution >= 4 is 11.9 Å². The predicted octanol–water partition coefficient (Wildman–Crippen LogP) is 2.46. The van der Waals surface area contributed by atoms with Crippen LogP contribution in [0.25, 0.3) is 0 Å². The minimum absolute atomic E-state index is 0.107. The molecule has 0 saturated carbocycles. The fraction of sp³-hybridized carbons (Fsp3) is 0.429. The standard InChI is InChI=1S/C14H18FNO3/c1-9(2)16(7-6-13(17)18)14(19)12-5-4-11(15)8-10(12)3/h4-5,8-9H,6-7H2,1-3H3,(H,17,18). The summed E-state index contributed by atoms with van der Waals surface area (Å²) in [7, 11) is 0. The second-order valence-corrected chi connectivity index (χ2v) is 4.70. The molecule has 0 unspecified atom stereocenters. The summed E-state index contributed by atoms with van der Waals surface area (Å²) in [6, 6.07) is 3.85. The molecular weight excluding hydrogens is 249 g/mol. The number of benzene rings is 1. The number of rotatable bonds is 5. The lowest BCUT2D eigenvalue weighted by atomic mass is 10.1. The lowest BCUT2D eigenvalue weighted by Gasteiger charge is -2.26. The fourth-order valence-electron chi connectivity index (χ4n) is 1.83. The highest BCUT2D eigenvalue weighted by Gasteiger charge is 2.21. The molecular formula is C14H18FNO3. The van der Waals surface area contributed by atoms with E-state index < -0.39 is 11.8 Å². The third kappa shape index (κ3) is 4.05. The van der Waals surface area contributed by atoms with Gasteiger partial charge in [-0.05, 0) is 44.5 Å². The Labute approximate surface area is 111 Å². The molecule has 0 heterocycles. The third-order valence-electron chi connectivity index (χ3n) is 2.87. The first-order valence-corrected chi connectivity index (χ1v) is 6.12. The number of carboxylic acids is 1. The molecule has 0 fully saturated rings. The average Bonchev–Trinajstić information content (AvgIpc) is 2.27. The molecule has 0 saturated heterocycles. The van der Waals surface area contributed by atoms with Crippen LogP contribution in [0, 0.1) is 12.7 Å². The van der Waals surface area contributed by atoms with Gasteiger partial charge < -0.3 is 10.0 Å². The second kappa shape index (κ2) is 6.31. The molecule has 0 spiro atoms. The van der Waals surface area contributed by atoms with E-state index in [4.69, 9.17) is 5.11 Å². The Morgan fingerprint density at radius 3 is 2.47 bits per heavy atom. The topological polar surface area (TPSA) is 57.6 Å². The van der Waals surface area contributed by atoms with Crippen molar-refractivity contribution in [1.29, 1.82) is 0 Å². The highest BCUT2D eigenvalue weighted by molar-refractivity contribution is 5.96. The molecule has 1 aromatic carbocycles. The molecule has 1 rings (SSSR count). The van der Waals surface area contributed by atoms with Gasteiger partial charge in [0.1, 0.15) is 5.82 Å². The highest BCUT2D eigenvalue weighted by atomic mass is 19.1. The number of halogens is 1. The van der Waals surface area contributed by atoms with Gasteiger partial charge in [-0.1, -0.05) is 0 Å². The van der Waals surface area contributed by atoms with Crippen molar-refractivity contribution in [1.82, 2.24) is 4.90 Å². The first kappa shape index (κ1) is 15.1. The normalized spacial score (nSPS) is 10.6. The summed E-state index contributed by atoms with van der Waals surface area (Å²) in [6.07, 6.45) is -0.107. The van der Waals surface area contributed by atoms with E-state index in [1.165, 1.54) is 23.1 Å². The van der Waals surface area contributed by atoms with E-state index in [0.717, 1.165) is 0 Å². The smallest absolute Gasteiger partial charge is 0.305 e. The van der Waals surface area contributed by atoms with Gasteiger partial charge in [0.15, 0.2) is 0 Å². The van der Waals surface area contributed by atoms with Crippen LogP contribution >= 0.6 is 0 Å². The lowest BCUT2D eigenvalue weighted by Crippen LogP contribution is -2.38. The Morgan fingerprint density at radius 1 is 1.37 bits per heavy atom. The number of hydrogen-bond donors (Lipinski definition) is 1. The van der Waals surface area contributed by atoms with Crippen LogP contribution in [-0.2, 0) is 4.79 Å². The van der Waals surface area contributed by atoms with Crippen molar-refractivity contribution in [3.63, 3.8) is 0 Å². The molecule has 0 bridgehead atoms. The molecule has 1 aromatic rings. The van der Waals surface area contributed by atoms with Crippen LogP contribution < -0.4 is 0 Å². The number of carbonyl (C=O) groups excluding carboxylic acids is 1. The molecule has 1 amide bonds. The number of aryl methyl sites for hydroxylation is 1. The molecule has 5 heteroatoms. The maximum absolute atomic E-state index is 13.0. The van der Waals surface area contributed by atoms with Gasteiger partial charge in [-0.15, -0.1) is 0 Å². The first-order valence-electron chi connectivity index (χ1n) is 6.12. The Kier molecular flexibility index (Phi) is 5.03. The molecule has 0 aromatic heterocycles. The largest absolute Gasteiger partial charge is 0.481 e. The maximum Gasteiger partial charge on any atom is 0.305 e. The van der Waals surface area contributed by atoms with Crippen LogP contribution in [0.5, 0.6) is 0 Å². The molecule has 4 nitrogen and oxygen atoms in total. The summed E-state index contributed by atoms with van der Waals surface area (Å²) in [6.45, 7) is 5.44. The van der Waals surface area contributed by atoms with E-state index in [0.29, 0.717) is 11.1 Å². The van der Waals surface area contributed by atoms with Crippen molar-refractivity contribution in [2.45, 2.75) is 33.2 Å². The van der Waals surface area contributed by atoms with Gasteiger partial charge in [0.05, 0.1) is 6.42 Å². The van der Waals surface area contributed by atoms with Crippen molar-refractivity contribution in [3.05, 3.63) is 35.1 Å². The van der Waals surface area contributed by atoms with Crippen molar-refractivity contribution < 1.29 is 19.1 Å². The molecule has 0 aliphatic heterocycles. The van der Waals surface area contributed by atoms with Gasteiger partial charge >= 0.3 is 5.97 Å². The zero-order valence-corrected chi connectivity index (χ0v) is 11.3. The van der Waals surface area contributed by atoms with E-state index in [9.17, 15) is 14.0 Å². The average molecular weight is 267 g/mol.